The Bertz CT molecular complexity index is 839. The summed E-state index contributed by atoms with van der Waals surface area (Å²) in [6, 6.07) is 11.2. The van der Waals surface area contributed by atoms with Crippen molar-refractivity contribution in [1.82, 2.24) is 14.9 Å². The molecule has 1 aromatic heterocycles. The lowest BCUT2D eigenvalue weighted by Gasteiger charge is -2.16. The van der Waals surface area contributed by atoms with Crippen LogP contribution in [0.2, 0.25) is 10.0 Å². The average molecular weight is 393 g/mol. The molecule has 26 heavy (non-hydrogen) atoms. The van der Waals surface area contributed by atoms with Gasteiger partial charge in [-0.05, 0) is 42.3 Å². The van der Waals surface area contributed by atoms with Gasteiger partial charge in [0, 0.05) is 5.02 Å². The lowest BCUT2D eigenvalue weighted by molar-refractivity contribution is 0.269. The SMILES string of the molecule is CCOc1cc(CNn2cnnc2)cc(Cl)c1OCc1ccc(Cl)cc1. The van der Waals surface area contributed by atoms with Crippen molar-refractivity contribution in [2.75, 3.05) is 12.0 Å². The maximum Gasteiger partial charge on any atom is 0.180 e. The van der Waals surface area contributed by atoms with Crippen LogP contribution in [0.15, 0.2) is 49.1 Å². The monoisotopic (exact) mass is 392 g/mol. The van der Waals surface area contributed by atoms with Gasteiger partial charge >= 0.3 is 0 Å². The Labute approximate surface area is 161 Å². The molecule has 136 valence electrons. The first kappa shape index (κ1) is 18.4. The fraction of sp³-hybridized carbons (Fsp3) is 0.222. The fourth-order valence-corrected chi connectivity index (χ4v) is 2.74. The summed E-state index contributed by atoms with van der Waals surface area (Å²) < 4.78 is 13.3. The van der Waals surface area contributed by atoms with Crippen LogP contribution in [0.3, 0.4) is 0 Å². The van der Waals surface area contributed by atoms with Crippen LogP contribution in [0.25, 0.3) is 0 Å². The smallest absolute Gasteiger partial charge is 0.180 e. The standard InChI is InChI=1S/C18H18Cl2N4O2/c1-2-25-17-8-14(9-23-24-11-21-22-12-24)7-16(20)18(17)26-10-13-3-5-15(19)6-4-13/h3-8,11-12,23H,2,9-10H2,1H3. The summed E-state index contributed by atoms with van der Waals surface area (Å²) in [6.45, 7) is 3.33. The summed E-state index contributed by atoms with van der Waals surface area (Å²) in [5.41, 5.74) is 5.09. The molecule has 0 unspecified atom stereocenters. The first-order chi connectivity index (χ1) is 12.7. The van der Waals surface area contributed by atoms with Gasteiger partial charge in [0.15, 0.2) is 11.5 Å². The van der Waals surface area contributed by atoms with E-state index in [1.165, 1.54) is 0 Å². The van der Waals surface area contributed by atoms with Crippen molar-refractivity contribution in [3.63, 3.8) is 0 Å². The Morgan fingerprint density at radius 2 is 1.73 bits per heavy atom. The van der Waals surface area contributed by atoms with Crippen LogP contribution in [0.4, 0.5) is 0 Å². The molecule has 0 bridgehead atoms. The van der Waals surface area contributed by atoms with Gasteiger partial charge < -0.3 is 14.9 Å². The second-order valence-electron chi connectivity index (χ2n) is 5.46. The minimum absolute atomic E-state index is 0.370. The van der Waals surface area contributed by atoms with E-state index in [4.69, 9.17) is 32.7 Å². The first-order valence-electron chi connectivity index (χ1n) is 8.06. The van der Waals surface area contributed by atoms with Crippen molar-refractivity contribution in [2.24, 2.45) is 0 Å². The zero-order chi connectivity index (χ0) is 18.4. The van der Waals surface area contributed by atoms with Crippen LogP contribution in [0, 0.1) is 0 Å². The number of aromatic nitrogens is 3. The number of benzene rings is 2. The number of hydrogen-bond acceptors (Lipinski definition) is 5. The van der Waals surface area contributed by atoms with E-state index < -0.39 is 0 Å². The van der Waals surface area contributed by atoms with Gasteiger partial charge in [0.2, 0.25) is 0 Å². The van der Waals surface area contributed by atoms with E-state index in [9.17, 15) is 0 Å². The van der Waals surface area contributed by atoms with Crippen LogP contribution in [0.5, 0.6) is 11.5 Å². The van der Waals surface area contributed by atoms with E-state index >= 15 is 0 Å². The van der Waals surface area contributed by atoms with Crippen molar-refractivity contribution in [3.05, 3.63) is 70.2 Å². The van der Waals surface area contributed by atoms with Gasteiger partial charge in [0.1, 0.15) is 19.3 Å². The Morgan fingerprint density at radius 1 is 1.00 bits per heavy atom. The molecule has 0 fully saturated rings. The van der Waals surface area contributed by atoms with Gasteiger partial charge in [-0.25, -0.2) is 4.68 Å². The normalized spacial score (nSPS) is 10.6. The maximum atomic E-state index is 6.44. The summed E-state index contributed by atoms with van der Waals surface area (Å²) in [5, 5.41) is 8.66. The highest BCUT2D eigenvalue weighted by atomic mass is 35.5. The molecule has 3 aromatic rings. The van der Waals surface area contributed by atoms with Gasteiger partial charge in [-0.1, -0.05) is 35.3 Å². The highest BCUT2D eigenvalue weighted by molar-refractivity contribution is 6.32. The van der Waals surface area contributed by atoms with Crippen molar-refractivity contribution in [1.29, 1.82) is 0 Å². The van der Waals surface area contributed by atoms with Crippen LogP contribution in [-0.4, -0.2) is 21.5 Å². The van der Waals surface area contributed by atoms with Crippen LogP contribution in [0.1, 0.15) is 18.1 Å². The average Bonchev–Trinajstić information content (AvgIpc) is 3.14. The van der Waals surface area contributed by atoms with Crippen LogP contribution in [-0.2, 0) is 13.2 Å². The Morgan fingerprint density at radius 3 is 2.42 bits per heavy atom. The van der Waals surface area contributed by atoms with Crippen molar-refractivity contribution in [2.45, 2.75) is 20.1 Å². The van der Waals surface area contributed by atoms with Crippen molar-refractivity contribution >= 4 is 23.2 Å². The molecule has 0 spiro atoms. The van der Waals surface area contributed by atoms with E-state index in [0.717, 1.165) is 11.1 Å². The molecule has 0 saturated carbocycles. The first-order valence-corrected chi connectivity index (χ1v) is 8.82. The molecule has 0 amide bonds. The second kappa shape index (κ2) is 8.78. The van der Waals surface area contributed by atoms with Crippen LogP contribution >= 0.6 is 23.2 Å². The molecule has 0 aliphatic rings. The predicted octanol–water partition coefficient (Wildman–Crippen LogP) is 4.31. The molecule has 2 aromatic carbocycles. The summed E-state index contributed by atoms with van der Waals surface area (Å²) in [5.74, 6) is 1.13. The highest BCUT2D eigenvalue weighted by Crippen LogP contribution is 2.37. The molecule has 0 radical (unpaired) electrons. The third-order valence-corrected chi connectivity index (χ3v) is 4.08. The Balaban J connectivity index is 1.74. The zero-order valence-electron chi connectivity index (χ0n) is 14.2. The number of nitrogens with one attached hydrogen (secondary N) is 1. The number of halogens is 2. The van der Waals surface area contributed by atoms with E-state index in [-0.39, 0.29) is 0 Å². The van der Waals surface area contributed by atoms with E-state index in [2.05, 4.69) is 15.6 Å². The summed E-state index contributed by atoms with van der Waals surface area (Å²) >= 11 is 12.3. The molecule has 1 N–H and O–H groups in total. The van der Waals surface area contributed by atoms with Crippen LogP contribution < -0.4 is 14.9 Å². The van der Waals surface area contributed by atoms with E-state index in [1.807, 2.05) is 43.3 Å². The molecule has 0 aliphatic heterocycles. The molecular weight excluding hydrogens is 375 g/mol. The minimum atomic E-state index is 0.370. The quantitative estimate of drug-likeness (QED) is 0.618. The third kappa shape index (κ3) is 4.80. The number of hydrogen-bond donors (Lipinski definition) is 1. The van der Waals surface area contributed by atoms with Gasteiger partial charge in [-0.15, -0.1) is 10.2 Å². The second-order valence-corrected chi connectivity index (χ2v) is 6.30. The largest absolute Gasteiger partial charge is 0.490 e. The Kier molecular flexibility index (Phi) is 6.20. The third-order valence-electron chi connectivity index (χ3n) is 3.55. The molecule has 3 rings (SSSR count). The number of nitrogens with zero attached hydrogens (tertiary/aromatic N) is 3. The van der Waals surface area contributed by atoms with E-state index in [1.54, 1.807) is 17.3 Å². The molecule has 6 nitrogen and oxygen atoms in total. The number of ether oxygens (including phenoxy) is 2. The summed E-state index contributed by atoms with van der Waals surface area (Å²) in [4.78, 5) is 0. The summed E-state index contributed by atoms with van der Waals surface area (Å²) in [6.07, 6.45) is 3.16. The van der Waals surface area contributed by atoms with Gasteiger partial charge in [-0.3, -0.25) is 0 Å². The van der Waals surface area contributed by atoms with Gasteiger partial charge in [0.25, 0.3) is 0 Å². The van der Waals surface area contributed by atoms with Gasteiger partial charge in [0.05, 0.1) is 18.2 Å². The molecule has 0 saturated heterocycles. The molecule has 8 heteroatoms. The lowest BCUT2D eigenvalue weighted by atomic mass is 10.2. The fourth-order valence-electron chi connectivity index (χ4n) is 2.33. The molecule has 0 atom stereocenters. The lowest BCUT2D eigenvalue weighted by Crippen LogP contribution is -2.12. The zero-order valence-corrected chi connectivity index (χ0v) is 15.7. The molecule has 1 heterocycles. The molecule has 0 aliphatic carbocycles. The topological polar surface area (TPSA) is 61.2 Å². The molecular formula is C18H18Cl2N4O2. The van der Waals surface area contributed by atoms with E-state index in [0.29, 0.717) is 41.3 Å². The summed E-state index contributed by atoms with van der Waals surface area (Å²) in [7, 11) is 0. The Hall–Kier alpha value is -2.44. The van der Waals surface area contributed by atoms with Gasteiger partial charge in [-0.2, -0.15) is 0 Å². The maximum absolute atomic E-state index is 6.44. The van der Waals surface area contributed by atoms with Crippen molar-refractivity contribution < 1.29 is 9.47 Å². The minimum Gasteiger partial charge on any atom is -0.490 e. The highest BCUT2D eigenvalue weighted by Gasteiger charge is 2.13. The van der Waals surface area contributed by atoms with Crippen molar-refractivity contribution in [3.8, 4) is 11.5 Å². The predicted molar refractivity (Wildman–Crippen MR) is 101 cm³/mol. The number of rotatable bonds is 8.